The minimum atomic E-state index is -0.224. The molecular formula is C22H26N2O2. The Morgan fingerprint density at radius 2 is 1.92 bits per heavy atom. The van der Waals surface area contributed by atoms with Crippen LogP contribution in [0.5, 0.6) is 0 Å². The second-order valence-corrected chi connectivity index (χ2v) is 7.20. The number of carbonyl (C=O) groups excluding carboxylic acids is 1. The zero-order valence-electron chi connectivity index (χ0n) is 15.1. The van der Waals surface area contributed by atoms with Gasteiger partial charge in [0.05, 0.1) is 19.3 Å². The van der Waals surface area contributed by atoms with Crippen molar-refractivity contribution in [2.75, 3.05) is 19.8 Å². The Balaban J connectivity index is 1.46. The van der Waals surface area contributed by atoms with E-state index in [1.807, 2.05) is 18.2 Å². The molecule has 1 N–H and O–H groups in total. The van der Waals surface area contributed by atoms with E-state index >= 15 is 0 Å². The number of hydrogen-bond acceptors (Lipinski definition) is 3. The van der Waals surface area contributed by atoms with Gasteiger partial charge in [0.2, 0.25) is 5.91 Å². The van der Waals surface area contributed by atoms with Crippen molar-refractivity contribution in [3.63, 3.8) is 0 Å². The van der Waals surface area contributed by atoms with Crippen molar-refractivity contribution in [2.45, 2.75) is 37.9 Å². The summed E-state index contributed by atoms with van der Waals surface area (Å²) in [5, 5.41) is 3.30. The lowest BCUT2D eigenvalue weighted by Crippen LogP contribution is -2.54. The number of carbonyl (C=O) groups is 1. The highest BCUT2D eigenvalue weighted by atomic mass is 16.5. The second-order valence-electron chi connectivity index (χ2n) is 7.20. The molecule has 4 nitrogen and oxygen atoms in total. The zero-order chi connectivity index (χ0) is 17.8. The van der Waals surface area contributed by atoms with Gasteiger partial charge in [-0.25, -0.2) is 0 Å². The Kier molecular flexibility index (Phi) is 5.32. The molecule has 4 heteroatoms. The van der Waals surface area contributed by atoms with Crippen molar-refractivity contribution >= 4 is 5.91 Å². The molecule has 2 unspecified atom stereocenters. The normalized spacial score (nSPS) is 23.2. The van der Waals surface area contributed by atoms with Crippen LogP contribution in [-0.4, -0.2) is 36.6 Å². The van der Waals surface area contributed by atoms with E-state index in [2.05, 4.69) is 46.6 Å². The van der Waals surface area contributed by atoms with Crippen molar-refractivity contribution in [1.82, 2.24) is 10.2 Å². The molecule has 2 atom stereocenters. The van der Waals surface area contributed by atoms with Crippen LogP contribution in [0.25, 0.3) is 0 Å². The number of aryl methyl sites for hydroxylation is 1. The van der Waals surface area contributed by atoms with Gasteiger partial charge < -0.3 is 10.1 Å². The summed E-state index contributed by atoms with van der Waals surface area (Å²) < 4.78 is 5.63. The largest absolute Gasteiger partial charge is 0.378 e. The average molecular weight is 350 g/mol. The lowest BCUT2D eigenvalue weighted by molar-refractivity contribution is -0.133. The smallest absolute Gasteiger partial charge is 0.240 e. The lowest BCUT2D eigenvalue weighted by Gasteiger charge is -2.36. The van der Waals surface area contributed by atoms with Crippen molar-refractivity contribution in [3.05, 3.63) is 71.3 Å². The van der Waals surface area contributed by atoms with Crippen molar-refractivity contribution in [3.8, 4) is 0 Å². The summed E-state index contributed by atoms with van der Waals surface area (Å²) in [7, 11) is 0. The third kappa shape index (κ3) is 3.81. The van der Waals surface area contributed by atoms with E-state index in [0.717, 1.165) is 32.4 Å². The maximum Gasteiger partial charge on any atom is 0.240 e. The topological polar surface area (TPSA) is 41.6 Å². The number of morpholine rings is 1. The first-order valence-corrected chi connectivity index (χ1v) is 9.55. The predicted octanol–water partition coefficient (Wildman–Crippen LogP) is 3.08. The van der Waals surface area contributed by atoms with Crippen LogP contribution in [0.1, 0.15) is 35.6 Å². The lowest BCUT2D eigenvalue weighted by atomic mass is 9.87. The first-order chi connectivity index (χ1) is 12.8. The van der Waals surface area contributed by atoms with Crippen LogP contribution < -0.4 is 5.32 Å². The predicted molar refractivity (Wildman–Crippen MR) is 102 cm³/mol. The molecule has 2 aliphatic rings. The minimum absolute atomic E-state index is 0.0855. The molecule has 4 rings (SSSR count). The monoisotopic (exact) mass is 350 g/mol. The van der Waals surface area contributed by atoms with E-state index in [1.165, 1.54) is 16.7 Å². The molecule has 0 radical (unpaired) electrons. The van der Waals surface area contributed by atoms with Gasteiger partial charge in [-0.1, -0.05) is 54.6 Å². The summed E-state index contributed by atoms with van der Waals surface area (Å²) in [5.41, 5.74) is 3.87. The number of nitrogens with one attached hydrogen (secondary N) is 1. The van der Waals surface area contributed by atoms with Crippen LogP contribution in [0.15, 0.2) is 54.6 Å². The maximum atomic E-state index is 13.0. The Labute approximate surface area is 155 Å². The van der Waals surface area contributed by atoms with E-state index in [4.69, 9.17) is 4.74 Å². The number of nitrogens with zero attached hydrogens (tertiary/aromatic N) is 1. The molecule has 136 valence electrons. The molecule has 1 aliphatic carbocycles. The van der Waals surface area contributed by atoms with Gasteiger partial charge in [-0.15, -0.1) is 0 Å². The quantitative estimate of drug-likeness (QED) is 0.921. The number of ether oxygens (including phenoxy) is 1. The fourth-order valence-electron chi connectivity index (χ4n) is 4.06. The van der Waals surface area contributed by atoms with Crippen LogP contribution in [0.2, 0.25) is 0 Å². The first-order valence-electron chi connectivity index (χ1n) is 9.55. The summed E-state index contributed by atoms with van der Waals surface area (Å²) in [6.07, 6.45) is 3.24. The van der Waals surface area contributed by atoms with Crippen LogP contribution >= 0.6 is 0 Å². The maximum absolute atomic E-state index is 13.0. The number of amides is 1. The van der Waals surface area contributed by atoms with E-state index in [0.29, 0.717) is 13.2 Å². The fourth-order valence-corrected chi connectivity index (χ4v) is 4.06. The molecule has 2 aromatic carbocycles. The summed E-state index contributed by atoms with van der Waals surface area (Å²) in [4.78, 5) is 15.3. The molecule has 2 aromatic rings. The van der Waals surface area contributed by atoms with Gasteiger partial charge in [0.15, 0.2) is 0 Å². The molecule has 1 heterocycles. The average Bonchev–Trinajstić information content (AvgIpc) is 2.69. The Hall–Kier alpha value is -2.17. The summed E-state index contributed by atoms with van der Waals surface area (Å²) >= 11 is 0. The number of fused-ring (bicyclic) bond motifs is 1. The van der Waals surface area contributed by atoms with Gasteiger partial charge in [-0.2, -0.15) is 0 Å². The first kappa shape index (κ1) is 17.3. The summed E-state index contributed by atoms with van der Waals surface area (Å²) in [5.74, 6) is 0.0855. The highest BCUT2D eigenvalue weighted by molar-refractivity contribution is 5.82. The molecule has 0 spiro atoms. The fraction of sp³-hybridized carbons (Fsp3) is 0.409. The molecule has 1 fully saturated rings. The standard InChI is InChI=1S/C22H26N2O2/c25-22(23-20-12-6-10-18-9-4-5-11-19(18)20)21-16-26-14-13-24(21)15-17-7-2-1-3-8-17/h1-5,7-9,11,20-21H,6,10,12-16H2,(H,23,25). The van der Waals surface area contributed by atoms with E-state index in [9.17, 15) is 4.79 Å². The molecule has 1 aliphatic heterocycles. The minimum Gasteiger partial charge on any atom is -0.378 e. The van der Waals surface area contributed by atoms with Gasteiger partial charge >= 0.3 is 0 Å². The van der Waals surface area contributed by atoms with Gasteiger partial charge in [-0.3, -0.25) is 9.69 Å². The van der Waals surface area contributed by atoms with Crippen LogP contribution in [0, 0.1) is 0 Å². The van der Waals surface area contributed by atoms with Gasteiger partial charge in [0, 0.05) is 13.1 Å². The second kappa shape index (κ2) is 8.02. The Morgan fingerprint density at radius 1 is 1.12 bits per heavy atom. The summed E-state index contributed by atoms with van der Waals surface area (Å²) in [6, 6.07) is 18.7. The van der Waals surface area contributed by atoms with Crippen molar-refractivity contribution < 1.29 is 9.53 Å². The third-order valence-corrected chi connectivity index (χ3v) is 5.46. The highest BCUT2D eigenvalue weighted by Gasteiger charge is 2.31. The molecular weight excluding hydrogens is 324 g/mol. The van der Waals surface area contributed by atoms with Crippen LogP contribution in [0.4, 0.5) is 0 Å². The number of hydrogen-bond donors (Lipinski definition) is 1. The Bertz CT molecular complexity index is 747. The third-order valence-electron chi connectivity index (χ3n) is 5.46. The van der Waals surface area contributed by atoms with Gasteiger partial charge in [-0.05, 0) is 36.0 Å². The molecule has 0 bridgehead atoms. The van der Waals surface area contributed by atoms with Crippen LogP contribution in [0.3, 0.4) is 0 Å². The van der Waals surface area contributed by atoms with Gasteiger partial charge in [0.25, 0.3) is 0 Å². The molecule has 0 saturated carbocycles. The van der Waals surface area contributed by atoms with E-state index in [-0.39, 0.29) is 18.0 Å². The SMILES string of the molecule is O=C(NC1CCCc2ccccc21)C1COCCN1Cc1ccccc1. The molecule has 1 amide bonds. The van der Waals surface area contributed by atoms with E-state index in [1.54, 1.807) is 0 Å². The highest BCUT2D eigenvalue weighted by Crippen LogP contribution is 2.29. The van der Waals surface area contributed by atoms with Crippen molar-refractivity contribution in [2.24, 2.45) is 0 Å². The molecule has 26 heavy (non-hydrogen) atoms. The molecule has 1 saturated heterocycles. The Morgan fingerprint density at radius 3 is 2.81 bits per heavy atom. The number of benzene rings is 2. The van der Waals surface area contributed by atoms with Crippen LogP contribution in [-0.2, 0) is 22.5 Å². The van der Waals surface area contributed by atoms with Gasteiger partial charge in [0.1, 0.15) is 6.04 Å². The van der Waals surface area contributed by atoms with E-state index < -0.39 is 0 Å². The number of rotatable bonds is 4. The molecule has 0 aromatic heterocycles. The van der Waals surface area contributed by atoms with Crippen molar-refractivity contribution in [1.29, 1.82) is 0 Å². The summed E-state index contributed by atoms with van der Waals surface area (Å²) in [6.45, 7) is 2.72. The zero-order valence-corrected chi connectivity index (χ0v) is 15.1.